The molecular weight excluding hydrogens is 230 g/mol. The Morgan fingerprint density at radius 1 is 1.50 bits per heavy atom. The summed E-state index contributed by atoms with van der Waals surface area (Å²) in [5.74, 6) is -0.302. The molecule has 0 radical (unpaired) electrons. The molecule has 96 valence electrons. The number of imide groups is 1. The van der Waals surface area contributed by atoms with E-state index in [0.29, 0.717) is 19.4 Å². The van der Waals surface area contributed by atoms with Crippen molar-refractivity contribution in [3.05, 3.63) is 30.1 Å². The topological polar surface area (TPSA) is 55.2 Å². The number of aryl methyl sites for hydroxylation is 2. The smallest absolute Gasteiger partial charge is 0.252 e. The third-order valence-corrected chi connectivity index (χ3v) is 2.99. The van der Waals surface area contributed by atoms with E-state index in [2.05, 4.69) is 5.10 Å². The normalized spacial score (nSPS) is 15.2. The van der Waals surface area contributed by atoms with Crippen molar-refractivity contribution in [2.24, 2.45) is 0 Å². The van der Waals surface area contributed by atoms with Crippen molar-refractivity contribution in [1.29, 1.82) is 0 Å². The van der Waals surface area contributed by atoms with Crippen molar-refractivity contribution in [1.82, 2.24) is 14.7 Å². The molecule has 1 aliphatic rings. The molecule has 0 aromatic carbocycles. The average Bonchev–Trinajstić information content (AvgIpc) is 2.84. The summed E-state index contributed by atoms with van der Waals surface area (Å²) < 4.78 is 1.83. The molecular formula is C13H17N3O2. The number of hydrogen-bond donors (Lipinski definition) is 0. The first-order valence-electron chi connectivity index (χ1n) is 6.23. The number of rotatable bonds is 4. The first-order valence-corrected chi connectivity index (χ1v) is 6.23. The second-order valence-corrected chi connectivity index (χ2v) is 4.28. The van der Waals surface area contributed by atoms with Gasteiger partial charge in [0, 0.05) is 25.7 Å². The molecule has 0 saturated heterocycles. The van der Waals surface area contributed by atoms with Gasteiger partial charge in [0.15, 0.2) is 0 Å². The fourth-order valence-corrected chi connectivity index (χ4v) is 1.93. The molecule has 0 unspecified atom stereocenters. The molecule has 5 heteroatoms. The van der Waals surface area contributed by atoms with Gasteiger partial charge in [-0.1, -0.05) is 6.08 Å². The lowest BCUT2D eigenvalue weighted by atomic mass is 10.1. The lowest BCUT2D eigenvalue weighted by molar-refractivity contribution is -0.142. The molecule has 2 rings (SSSR count). The van der Waals surface area contributed by atoms with E-state index in [9.17, 15) is 9.59 Å². The zero-order valence-electron chi connectivity index (χ0n) is 10.5. The summed E-state index contributed by atoms with van der Waals surface area (Å²) in [4.78, 5) is 24.7. The van der Waals surface area contributed by atoms with Crippen LogP contribution in [0.15, 0.2) is 24.5 Å². The van der Waals surface area contributed by atoms with Crippen LogP contribution in [-0.4, -0.2) is 33.0 Å². The van der Waals surface area contributed by atoms with Crippen molar-refractivity contribution in [2.75, 3.05) is 6.54 Å². The molecule has 2 heterocycles. The molecule has 0 spiro atoms. The van der Waals surface area contributed by atoms with Crippen LogP contribution in [0, 0.1) is 0 Å². The molecule has 0 atom stereocenters. The van der Waals surface area contributed by atoms with Crippen molar-refractivity contribution in [2.45, 2.75) is 32.7 Å². The maximum absolute atomic E-state index is 11.9. The third-order valence-electron chi connectivity index (χ3n) is 2.99. The molecule has 1 aliphatic heterocycles. The second-order valence-electron chi connectivity index (χ2n) is 4.28. The van der Waals surface area contributed by atoms with Gasteiger partial charge in [0.2, 0.25) is 5.91 Å². The number of aromatic nitrogens is 2. The van der Waals surface area contributed by atoms with Crippen molar-refractivity contribution in [3.8, 4) is 0 Å². The lowest BCUT2D eigenvalue weighted by Crippen LogP contribution is -2.38. The highest BCUT2D eigenvalue weighted by Crippen LogP contribution is 2.08. The third kappa shape index (κ3) is 2.85. The summed E-state index contributed by atoms with van der Waals surface area (Å²) >= 11 is 0. The van der Waals surface area contributed by atoms with Crippen LogP contribution in [0.4, 0.5) is 0 Å². The van der Waals surface area contributed by atoms with Gasteiger partial charge in [-0.15, -0.1) is 0 Å². The molecule has 0 fully saturated rings. The Hall–Kier alpha value is -1.91. The summed E-state index contributed by atoms with van der Waals surface area (Å²) in [5.41, 5.74) is 1.03. The number of nitrogens with zero attached hydrogens (tertiary/aromatic N) is 3. The van der Waals surface area contributed by atoms with E-state index in [1.165, 1.54) is 11.0 Å². The Kier molecular flexibility index (Phi) is 3.92. The van der Waals surface area contributed by atoms with Gasteiger partial charge in [-0.05, 0) is 31.4 Å². The van der Waals surface area contributed by atoms with E-state index in [1.807, 2.05) is 17.8 Å². The second kappa shape index (κ2) is 5.62. The molecule has 1 aromatic rings. The number of amides is 2. The predicted molar refractivity (Wildman–Crippen MR) is 66.7 cm³/mol. The highest BCUT2D eigenvalue weighted by molar-refractivity contribution is 6.01. The zero-order valence-corrected chi connectivity index (χ0v) is 10.5. The van der Waals surface area contributed by atoms with Crippen LogP contribution in [0.1, 0.15) is 25.3 Å². The number of carbonyl (C=O) groups is 2. The van der Waals surface area contributed by atoms with E-state index in [0.717, 1.165) is 18.5 Å². The van der Waals surface area contributed by atoms with Gasteiger partial charge < -0.3 is 0 Å². The van der Waals surface area contributed by atoms with Crippen LogP contribution in [0.3, 0.4) is 0 Å². The SMILES string of the molecule is CCn1cc(CCC(=O)N2CCC=CC2=O)cn1. The van der Waals surface area contributed by atoms with E-state index < -0.39 is 0 Å². The van der Waals surface area contributed by atoms with Gasteiger partial charge >= 0.3 is 0 Å². The van der Waals surface area contributed by atoms with Crippen LogP contribution in [0.25, 0.3) is 0 Å². The first-order chi connectivity index (χ1) is 8.70. The highest BCUT2D eigenvalue weighted by Gasteiger charge is 2.20. The highest BCUT2D eigenvalue weighted by atomic mass is 16.2. The summed E-state index contributed by atoms with van der Waals surface area (Å²) in [7, 11) is 0. The molecule has 1 aromatic heterocycles. The Bertz CT molecular complexity index is 476. The average molecular weight is 247 g/mol. The largest absolute Gasteiger partial charge is 0.279 e. The van der Waals surface area contributed by atoms with Crippen LogP contribution in [0.2, 0.25) is 0 Å². The van der Waals surface area contributed by atoms with Gasteiger partial charge in [0.1, 0.15) is 0 Å². The summed E-state index contributed by atoms with van der Waals surface area (Å²) in [6, 6.07) is 0. The van der Waals surface area contributed by atoms with Gasteiger partial charge in [-0.2, -0.15) is 5.10 Å². The van der Waals surface area contributed by atoms with Gasteiger partial charge in [0.25, 0.3) is 5.91 Å². The first kappa shape index (κ1) is 12.5. The van der Waals surface area contributed by atoms with E-state index in [1.54, 1.807) is 12.3 Å². The molecule has 18 heavy (non-hydrogen) atoms. The number of carbonyl (C=O) groups excluding carboxylic acids is 2. The summed E-state index contributed by atoms with van der Waals surface area (Å²) in [5, 5.41) is 4.15. The molecule has 0 bridgehead atoms. The molecule has 0 N–H and O–H groups in total. The van der Waals surface area contributed by atoms with Crippen LogP contribution < -0.4 is 0 Å². The predicted octanol–water partition coefficient (Wildman–Crippen LogP) is 1.15. The lowest BCUT2D eigenvalue weighted by Gasteiger charge is -2.21. The minimum Gasteiger partial charge on any atom is -0.279 e. The molecule has 2 amide bonds. The minimum absolute atomic E-state index is 0.103. The zero-order chi connectivity index (χ0) is 13.0. The van der Waals surface area contributed by atoms with Crippen LogP contribution in [-0.2, 0) is 22.6 Å². The maximum atomic E-state index is 11.9. The fourth-order valence-electron chi connectivity index (χ4n) is 1.93. The standard InChI is InChI=1S/C13H17N3O2/c1-2-15-10-11(9-14-15)6-7-13(18)16-8-4-3-5-12(16)17/h3,5,9-10H,2,4,6-8H2,1H3. The monoisotopic (exact) mass is 247 g/mol. The van der Waals surface area contributed by atoms with Gasteiger partial charge in [-0.25, -0.2) is 0 Å². The Morgan fingerprint density at radius 3 is 3.00 bits per heavy atom. The van der Waals surface area contributed by atoms with Crippen molar-refractivity contribution < 1.29 is 9.59 Å². The Morgan fingerprint density at radius 2 is 2.33 bits per heavy atom. The fraction of sp³-hybridized carbons (Fsp3) is 0.462. The van der Waals surface area contributed by atoms with Gasteiger partial charge in [0.05, 0.1) is 6.20 Å². The van der Waals surface area contributed by atoms with Crippen molar-refractivity contribution in [3.63, 3.8) is 0 Å². The summed E-state index contributed by atoms with van der Waals surface area (Å²) in [6.45, 7) is 3.34. The minimum atomic E-state index is -0.199. The summed E-state index contributed by atoms with van der Waals surface area (Å²) in [6.07, 6.45) is 8.72. The quantitative estimate of drug-likeness (QED) is 0.802. The van der Waals surface area contributed by atoms with E-state index in [-0.39, 0.29) is 11.8 Å². The molecule has 5 nitrogen and oxygen atoms in total. The number of hydrogen-bond acceptors (Lipinski definition) is 3. The molecule has 0 aliphatic carbocycles. The van der Waals surface area contributed by atoms with E-state index in [4.69, 9.17) is 0 Å². The van der Waals surface area contributed by atoms with Crippen LogP contribution >= 0.6 is 0 Å². The maximum Gasteiger partial charge on any atom is 0.252 e. The van der Waals surface area contributed by atoms with Gasteiger partial charge in [-0.3, -0.25) is 19.2 Å². The van der Waals surface area contributed by atoms with E-state index >= 15 is 0 Å². The Balaban J connectivity index is 1.88. The van der Waals surface area contributed by atoms with Crippen LogP contribution in [0.5, 0.6) is 0 Å². The molecule has 0 saturated carbocycles. The van der Waals surface area contributed by atoms with Crippen molar-refractivity contribution >= 4 is 11.8 Å². The Labute approximate surface area is 106 Å².